The minimum absolute atomic E-state index is 0. The average Bonchev–Trinajstić information content (AvgIpc) is 1.71. The Bertz CT molecular complexity index is 4550. The molecule has 38 nitrogen and oxygen atoms in total. The number of phenolic OH excluding ortho intramolecular Hbond substituents is 1. The van der Waals surface area contributed by atoms with E-state index in [0.717, 1.165) is 76.7 Å². The number of thiophene rings is 1. The van der Waals surface area contributed by atoms with Gasteiger partial charge in [0.15, 0.2) is 81.6 Å². The van der Waals surface area contributed by atoms with Gasteiger partial charge in [-0.15, -0.1) is 40.2 Å². The van der Waals surface area contributed by atoms with Crippen molar-refractivity contribution in [3.05, 3.63) is 174 Å². The number of nitrogens with zero attached hydrogens (tertiary/aromatic N) is 6. The van der Waals surface area contributed by atoms with Gasteiger partial charge in [0.2, 0.25) is 12.5 Å². The van der Waals surface area contributed by atoms with Gasteiger partial charge in [-0.05, 0) is 185 Å². The van der Waals surface area contributed by atoms with Crippen molar-refractivity contribution in [1.29, 1.82) is 0 Å². The molecule has 120 heavy (non-hydrogen) atoms. The zero-order valence-electron chi connectivity index (χ0n) is 66.2. The number of hydrogen-bond donors (Lipinski definition) is 7. The third kappa shape index (κ3) is 21.6. The molecule has 3 fully saturated rings. The Labute approximate surface area is 707 Å². The zero-order valence-corrected chi connectivity index (χ0v) is 70.1. The molecular weight excluding hydrogens is 1690 g/mol. The molecule has 654 valence electrons. The first-order valence-corrected chi connectivity index (χ1v) is 39.3. The summed E-state index contributed by atoms with van der Waals surface area (Å²) >= 11 is 0.798. The quantitative estimate of drug-likeness (QED) is 0.0635. The topological polar surface area (TPSA) is 529 Å². The highest BCUT2D eigenvalue weighted by atomic mass is 35.6. The van der Waals surface area contributed by atoms with Crippen LogP contribution < -0.4 is 75.5 Å². The Hall–Kier alpha value is -9.35. The number of likely N-dealkylation sites (N-methyl/N-ethyl adjacent to an activating group) is 2. The van der Waals surface area contributed by atoms with Crippen LogP contribution in [0.1, 0.15) is 85.3 Å². The monoisotopic (exact) mass is 1780 g/mol. The van der Waals surface area contributed by atoms with Gasteiger partial charge in [0.05, 0.1) is 107 Å². The molecule has 8 heterocycles. The van der Waals surface area contributed by atoms with Crippen molar-refractivity contribution in [2.24, 2.45) is 32.5 Å². The Morgan fingerprint density at radius 3 is 1.73 bits per heavy atom. The van der Waals surface area contributed by atoms with Gasteiger partial charge in [0, 0.05) is 64.1 Å². The molecule has 12 atom stereocenters. The molecule has 9 N–H and O–H groups in total. The molecule has 0 bridgehead atoms. The number of carbonyl (C=O) groups excluding carboxylic acids is 1. The molecule has 0 spiro atoms. The Morgan fingerprint density at radius 1 is 0.592 bits per heavy atom. The highest BCUT2D eigenvalue weighted by molar-refractivity contribution is 7.10. The molecule has 0 amide bonds. The molecule has 7 aliphatic heterocycles. The van der Waals surface area contributed by atoms with Gasteiger partial charge >= 0.3 is 51.3 Å². The number of aliphatic hydroxyl groups is 2. The van der Waals surface area contributed by atoms with Crippen LogP contribution in [0.5, 0.6) is 80.5 Å². The summed E-state index contributed by atoms with van der Waals surface area (Å²) in [5.74, 6) is 4.97. The van der Waals surface area contributed by atoms with Crippen LogP contribution >= 0.6 is 11.3 Å². The number of carbonyl (C=O) groups is 1. The molecule has 16 rings (SSSR count). The molecule has 6 aromatic carbocycles. The molecule has 0 saturated carbocycles. The van der Waals surface area contributed by atoms with E-state index in [-0.39, 0.29) is 100 Å². The fraction of sp³-hybridized carbons (Fsp3) is 0.416. The van der Waals surface area contributed by atoms with Gasteiger partial charge in [-0.1, -0.05) is 6.07 Å². The third-order valence-electron chi connectivity index (χ3n) is 20.9. The maximum atomic E-state index is 13.5. The number of esters is 1. The lowest BCUT2D eigenvalue weighted by Gasteiger charge is -2.48. The molecular formula is C77H90Cl4N6O32S. The third-order valence-corrected chi connectivity index (χ3v) is 21.8. The van der Waals surface area contributed by atoms with Crippen molar-refractivity contribution in [3.63, 3.8) is 0 Å². The number of benzene rings is 6. The van der Waals surface area contributed by atoms with Crippen molar-refractivity contribution in [3.8, 4) is 91.6 Å². The second-order valence-corrected chi connectivity index (χ2v) is 28.1. The molecule has 1 unspecified atom stereocenters. The number of allylic oxidation sites excluding steroid dienone is 2. The first kappa shape index (κ1) is 96.1. The van der Waals surface area contributed by atoms with Gasteiger partial charge in [-0.3, -0.25) is 14.6 Å². The summed E-state index contributed by atoms with van der Waals surface area (Å²) in [4.78, 5) is 33.1. The SMILES string of the molecule is C1=CN=NN=NC=C1.COc1cc(C[C@H]2c3cc(OC)c(OC)cc3CCN2C)c(Oc2cc3c(cc2OC)-c2c(OC)c(OC)cc4c2[C@H](C3)N(C)CC4)cc1OC.COc1cc([C@@H]2c3cc4c(cc3[C@@H](O[C@@H]3O[C@@H]5COC(c6cccs6)O[C@H]5[C@H](O)[C@H]3O)[C@H]3COC(=O)[C@H]23)OCO4)cc(OC)c1O.O.O=O.[O-][Cl+]O.[O-][Cl+]O.[O-][Cl+]O.[O-][Cl+]O. The van der Waals surface area contributed by atoms with Crippen molar-refractivity contribution >= 4 is 17.3 Å². The minimum Gasteiger partial charge on any atom is -0.506 e. The van der Waals surface area contributed by atoms with Crippen LogP contribution in [-0.4, -0.2) is 197 Å². The van der Waals surface area contributed by atoms with Gasteiger partial charge < -0.3 is 120 Å². The van der Waals surface area contributed by atoms with Crippen LogP contribution in [0.4, 0.5) is 0 Å². The number of fused-ring (bicyclic) bond motifs is 7. The summed E-state index contributed by atoms with van der Waals surface area (Å²) in [6, 6.07) is 25.4. The van der Waals surface area contributed by atoms with E-state index in [0.29, 0.717) is 69.1 Å². The lowest BCUT2D eigenvalue weighted by Crippen LogP contribution is -2.62. The lowest BCUT2D eigenvalue weighted by molar-refractivity contribution is -1.27. The molecule has 3 saturated heterocycles. The van der Waals surface area contributed by atoms with Crippen LogP contribution in [0.2, 0.25) is 0 Å². The lowest BCUT2D eigenvalue weighted by atomic mass is 9.66. The van der Waals surface area contributed by atoms with Crippen LogP contribution in [-0.2, 0) is 54.2 Å². The molecule has 9 aliphatic rings. The number of methoxy groups -OCH3 is 9. The van der Waals surface area contributed by atoms with E-state index >= 15 is 0 Å². The van der Waals surface area contributed by atoms with Gasteiger partial charge in [-0.2, -0.15) is 0 Å². The fourth-order valence-corrected chi connectivity index (χ4v) is 16.4. The van der Waals surface area contributed by atoms with Crippen molar-refractivity contribution < 1.29 is 189 Å². The Morgan fingerprint density at radius 2 is 1.14 bits per heavy atom. The van der Waals surface area contributed by atoms with Crippen molar-refractivity contribution in [1.82, 2.24) is 9.80 Å². The summed E-state index contributed by atoms with van der Waals surface area (Å²) in [5, 5.41) is 48.5. The smallest absolute Gasteiger partial charge is 0.327 e. The van der Waals surface area contributed by atoms with E-state index in [4.69, 9.17) is 128 Å². The Balaban J connectivity index is 0.000000239. The molecule has 2 aliphatic carbocycles. The summed E-state index contributed by atoms with van der Waals surface area (Å²) in [5.41, 5.74) is 11.3. The van der Waals surface area contributed by atoms with E-state index in [9.17, 15) is 20.1 Å². The van der Waals surface area contributed by atoms with E-state index in [1.54, 1.807) is 80.1 Å². The van der Waals surface area contributed by atoms with Crippen LogP contribution in [0.15, 0.2) is 129 Å². The van der Waals surface area contributed by atoms with Crippen molar-refractivity contribution in [2.45, 2.75) is 86.8 Å². The number of cyclic esters (lactones) is 1. The van der Waals surface area contributed by atoms with E-state index in [2.05, 4.69) is 74.9 Å². The number of hydrogen-bond acceptors (Lipinski definition) is 38. The molecule has 43 heteroatoms. The Kier molecular flexibility index (Phi) is 37.3. The predicted octanol–water partition coefficient (Wildman–Crippen LogP) is 3.92. The van der Waals surface area contributed by atoms with Crippen molar-refractivity contribution in [2.75, 3.05) is 111 Å². The first-order valence-electron chi connectivity index (χ1n) is 35.8. The average molecular weight is 1790 g/mol. The summed E-state index contributed by atoms with van der Waals surface area (Å²) in [7, 11) is 18.9. The van der Waals surface area contributed by atoms with E-state index < -0.39 is 66.8 Å². The fourth-order valence-electron chi connectivity index (χ4n) is 15.7. The highest BCUT2D eigenvalue weighted by Crippen LogP contribution is 2.59. The standard InChI is InChI=1S/C41H48N2O8.C32H32O13S.C4H4N4.4ClHO2.O2.H2O/c1-42-12-10-23-16-32(44-3)34(46-5)20-27(23)29(42)15-26-19-33(45-4)36(48-7)22-31(26)51-37-18-25-14-30-39-24(11-13-43(30)2)17-38(49-8)41(50-9)40(39)28(25)21-35(37)47-6;1-37-19-6-13(7-20(38-2)25(19)33)23-14-8-17-18(42-12-41-17)9-15(14)28(16-10-39-30(36)24(16)23)44-32-27(35)26(34)29-21(43-32)11-40-31(45-29)22-4-3-5-46-22;1-2-4-6-8-7-5-3-1;4*2-1-3;1-2;/h16-22,29-30H,10-15H2,1-9H3;3-9,16,21,23-24,26-29,31-35H,10-12H2,1-2H3;1-4H;4*2H;;1H2/t29-,30-;16-,21+,23+,24-,26+,27+,28+,29+,31?,32-;;;;;;;/m00......./s1. The summed E-state index contributed by atoms with van der Waals surface area (Å²) < 4.78 is 161. The van der Waals surface area contributed by atoms with Crippen LogP contribution in [0.25, 0.3) is 11.1 Å². The minimum atomic E-state index is -1.47. The highest BCUT2D eigenvalue weighted by Gasteiger charge is 2.57. The summed E-state index contributed by atoms with van der Waals surface area (Å²) in [6.45, 7) is 2.04. The second kappa shape index (κ2) is 46.6. The predicted molar refractivity (Wildman–Crippen MR) is 399 cm³/mol. The van der Waals surface area contributed by atoms with E-state index in [1.807, 2.05) is 35.7 Å². The van der Waals surface area contributed by atoms with Gasteiger partial charge in [0.1, 0.15) is 30.2 Å². The normalized spacial score (nSPS) is 22.4. The molecule has 1 aromatic heterocycles. The van der Waals surface area contributed by atoms with Crippen LogP contribution in [0.3, 0.4) is 0 Å². The van der Waals surface area contributed by atoms with Gasteiger partial charge in [-0.25, -0.2) is 0 Å². The van der Waals surface area contributed by atoms with E-state index in [1.165, 1.54) is 60.2 Å². The molecule has 7 aromatic rings. The molecule has 0 radical (unpaired) electrons. The number of aliphatic hydroxyl groups excluding tert-OH is 2. The van der Waals surface area contributed by atoms with Gasteiger partial charge in [0.25, 0.3) is 0 Å². The maximum Gasteiger partial charge on any atom is 0.327 e. The number of phenols is 1. The number of ether oxygens (including phenoxy) is 17. The number of rotatable bonds is 17. The zero-order chi connectivity index (χ0) is 86.1. The largest absolute Gasteiger partial charge is 0.506 e. The number of aromatic hydroxyl groups is 1. The summed E-state index contributed by atoms with van der Waals surface area (Å²) in [6.07, 6.45) is 2.71. The second-order valence-electron chi connectivity index (χ2n) is 26.6. The van der Waals surface area contributed by atoms with Crippen LogP contribution in [0, 0.1) is 67.1 Å². The maximum absolute atomic E-state index is 13.5. The first-order chi connectivity index (χ1) is 57.8. The number of halogens is 4.